The summed E-state index contributed by atoms with van der Waals surface area (Å²) < 4.78 is 49.3. The van der Waals surface area contributed by atoms with Gasteiger partial charge < -0.3 is 14.6 Å². The summed E-state index contributed by atoms with van der Waals surface area (Å²) in [5, 5.41) is 6.15. The van der Waals surface area contributed by atoms with Gasteiger partial charge in [-0.05, 0) is 43.7 Å². The molecular formula is C20H17F3N2O3. The molecule has 0 saturated carbocycles. The number of aryl methyl sites for hydroxylation is 2. The number of nitrogens with one attached hydrogen (secondary N) is 1. The topological polar surface area (TPSA) is 64.4 Å². The Morgan fingerprint density at radius 3 is 2.61 bits per heavy atom. The van der Waals surface area contributed by atoms with Crippen LogP contribution < -0.4 is 10.1 Å². The van der Waals surface area contributed by atoms with E-state index in [4.69, 9.17) is 9.26 Å². The van der Waals surface area contributed by atoms with Gasteiger partial charge in [0, 0.05) is 5.69 Å². The second-order valence-electron chi connectivity index (χ2n) is 6.15. The SMILES string of the molecule is Cc1ccccc1OCc1c(C(=O)Nc2cccc(C(F)(F)F)c2)noc1C. The van der Waals surface area contributed by atoms with E-state index in [-0.39, 0.29) is 18.0 Å². The minimum absolute atomic E-state index is 0.00579. The highest BCUT2D eigenvalue weighted by Crippen LogP contribution is 2.31. The number of halogens is 3. The first-order chi connectivity index (χ1) is 13.3. The van der Waals surface area contributed by atoms with Gasteiger partial charge in [-0.25, -0.2) is 0 Å². The van der Waals surface area contributed by atoms with E-state index in [1.54, 1.807) is 13.0 Å². The molecule has 1 heterocycles. The highest BCUT2D eigenvalue weighted by Gasteiger charge is 2.30. The maximum atomic E-state index is 12.8. The predicted molar refractivity (Wildman–Crippen MR) is 96.1 cm³/mol. The summed E-state index contributed by atoms with van der Waals surface area (Å²) in [5.74, 6) is 0.356. The van der Waals surface area contributed by atoms with E-state index < -0.39 is 17.6 Å². The molecule has 0 spiro atoms. The van der Waals surface area contributed by atoms with E-state index in [9.17, 15) is 18.0 Å². The Hall–Kier alpha value is -3.29. The zero-order chi connectivity index (χ0) is 20.3. The van der Waals surface area contributed by atoms with Crippen LogP contribution in [0.5, 0.6) is 5.75 Å². The first-order valence-corrected chi connectivity index (χ1v) is 8.38. The number of amides is 1. The van der Waals surface area contributed by atoms with Crippen molar-refractivity contribution >= 4 is 11.6 Å². The largest absolute Gasteiger partial charge is 0.488 e. The number of nitrogens with zero attached hydrogens (tertiary/aromatic N) is 1. The van der Waals surface area contributed by atoms with Crippen LogP contribution in [0.2, 0.25) is 0 Å². The number of alkyl halides is 3. The fourth-order valence-corrected chi connectivity index (χ4v) is 2.57. The fraction of sp³-hybridized carbons (Fsp3) is 0.200. The minimum Gasteiger partial charge on any atom is -0.488 e. The van der Waals surface area contributed by atoms with Crippen LogP contribution in [0, 0.1) is 13.8 Å². The molecule has 0 aliphatic carbocycles. The van der Waals surface area contributed by atoms with Crippen LogP contribution in [-0.4, -0.2) is 11.1 Å². The van der Waals surface area contributed by atoms with Gasteiger partial charge in [0.1, 0.15) is 18.1 Å². The molecule has 3 rings (SSSR count). The lowest BCUT2D eigenvalue weighted by Gasteiger charge is -2.10. The van der Waals surface area contributed by atoms with Crippen molar-refractivity contribution in [3.05, 3.63) is 76.7 Å². The average Bonchev–Trinajstić information content (AvgIpc) is 3.01. The molecule has 0 aliphatic rings. The quantitative estimate of drug-likeness (QED) is 0.655. The number of benzene rings is 2. The molecule has 0 radical (unpaired) electrons. The third-order valence-electron chi connectivity index (χ3n) is 4.11. The molecule has 2 aromatic carbocycles. The zero-order valence-electron chi connectivity index (χ0n) is 15.1. The Bertz CT molecular complexity index is 996. The number of anilines is 1. The molecule has 1 aromatic heterocycles. The van der Waals surface area contributed by atoms with Gasteiger partial charge >= 0.3 is 6.18 Å². The smallest absolute Gasteiger partial charge is 0.416 e. The molecule has 0 atom stereocenters. The van der Waals surface area contributed by atoms with Crippen LogP contribution in [0.3, 0.4) is 0 Å². The van der Waals surface area contributed by atoms with Gasteiger partial charge in [0.25, 0.3) is 5.91 Å². The van der Waals surface area contributed by atoms with Crippen LogP contribution in [0.25, 0.3) is 0 Å². The number of carbonyl (C=O) groups excluding carboxylic acids is 1. The van der Waals surface area contributed by atoms with E-state index in [0.717, 1.165) is 17.7 Å². The normalized spacial score (nSPS) is 11.3. The first-order valence-electron chi connectivity index (χ1n) is 8.38. The molecule has 146 valence electrons. The summed E-state index contributed by atoms with van der Waals surface area (Å²) in [6.07, 6.45) is -4.50. The Labute approximate surface area is 159 Å². The molecular weight excluding hydrogens is 373 g/mol. The highest BCUT2D eigenvalue weighted by molar-refractivity contribution is 6.03. The van der Waals surface area contributed by atoms with Crippen LogP contribution in [0.4, 0.5) is 18.9 Å². The summed E-state index contributed by atoms with van der Waals surface area (Å²) in [5.41, 5.74) is 0.457. The van der Waals surface area contributed by atoms with Crippen molar-refractivity contribution in [3.8, 4) is 5.75 Å². The Morgan fingerprint density at radius 1 is 1.14 bits per heavy atom. The van der Waals surface area contributed by atoms with Crippen molar-refractivity contribution in [2.75, 3.05) is 5.32 Å². The lowest BCUT2D eigenvalue weighted by Crippen LogP contribution is -2.16. The van der Waals surface area contributed by atoms with Crippen molar-refractivity contribution < 1.29 is 27.2 Å². The van der Waals surface area contributed by atoms with E-state index in [1.165, 1.54) is 12.1 Å². The molecule has 0 unspecified atom stereocenters. The number of ether oxygens (including phenoxy) is 1. The van der Waals surface area contributed by atoms with Crippen molar-refractivity contribution in [3.63, 3.8) is 0 Å². The average molecular weight is 390 g/mol. The van der Waals surface area contributed by atoms with Gasteiger partial charge in [0.05, 0.1) is 11.1 Å². The number of hydrogen-bond donors (Lipinski definition) is 1. The van der Waals surface area contributed by atoms with Crippen LogP contribution in [-0.2, 0) is 12.8 Å². The van der Waals surface area contributed by atoms with E-state index >= 15 is 0 Å². The standard InChI is InChI=1S/C20H17F3N2O3/c1-12-6-3-4-9-17(12)27-11-16-13(2)28-25-18(16)19(26)24-15-8-5-7-14(10-15)20(21,22)23/h3-10H,11H2,1-2H3,(H,24,26). The van der Waals surface area contributed by atoms with Gasteiger partial charge in [-0.2, -0.15) is 13.2 Å². The molecule has 28 heavy (non-hydrogen) atoms. The monoisotopic (exact) mass is 390 g/mol. The second kappa shape index (κ2) is 7.75. The Morgan fingerprint density at radius 2 is 1.89 bits per heavy atom. The predicted octanol–water partition coefficient (Wildman–Crippen LogP) is 5.14. The van der Waals surface area contributed by atoms with Crippen LogP contribution in [0.1, 0.15) is 32.9 Å². The maximum absolute atomic E-state index is 12.8. The van der Waals surface area contributed by atoms with Gasteiger partial charge in [0.15, 0.2) is 5.69 Å². The summed E-state index contributed by atoms with van der Waals surface area (Å²) in [7, 11) is 0. The molecule has 0 aliphatic heterocycles. The molecule has 0 saturated heterocycles. The molecule has 1 N–H and O–H groups in total. The lowest BCUT2D eigenvalue weighted by molar-refractivity contribution is -0.137. The third kappa shape index (κ3) is 4.33. The Kier molecular flexibility index (Phi) is 5.39. The van der Waals surface area contributed by atoms with Crippen molar-refractivity contribution in [1.82, 2.24) is 5.16 Å². The fourth-order valence-electron chi connectivity index (χ4n) is 2.57. The Balaban J connectivity index is 1.77. The summed E-state index contributed by atoms with van der Waals surface area (Å²) in [4.78, 5) is 12.5. The maximum Gasteiger partial charge on any atom is 0.416 e. The highest BCUT2D eigenvalue weighted by atomic mass is 19.4. The van der Waals surface area contributed by atoms with Gasteiger partial charge in [-0.3, -0.25) is 4.79 Å². The number of para-hydroxylation sites is 1. The summed E-state index contributed by atoms with van der Waals surface area (Å²) >= 11 is 0. The second-order valence-corrected chi connectivity index (χ2v) is 6.15. The van der Waals surface area contributed by atoms with Crippen molar-refractivity contribution in [1.29, 1.82) is 0 Å². The number of rotatable bonds is 5. The first kappa shape index (κ1) is 19.5. The van der Waals surface area contributed by atoms with Gasteiger partial charge in [0.2, 0.25) is 0 Å². The van der Waals surface area contributed by atoms with Crippen LogP contribution >= 0.6 is 0 Å². The van der Waals surface area contributed by atoms with Gasteiger partial charge in [-0.1, -0.05) is 29.4 Å². The van der Waals surface area contributed by atoms with Crippen LogP contribution in [0.15, 0.2) is 53.1 Å². The zero-order valence-corrected chi connectivity index (χ0v) is 15.1. The number of aromatic nitrogens is 1. The third-order valence-corrected chi connectivity index (χ3v) is 4.11. The summed E-state index contributed by atoms with van der Waals surface area (Å²) in [6.45, 7) is 3.55. The lowest BCUT2D eigenvalue weighted by atomic mass is 10.1. The number of hydrogen-bond acceptors (Lipinski definition) is 4. The van der Waals surface area contributed by atoms with Crippen molar-refractivity contribution in [2.24, 2.45) is 0 Å². The number of carbonyl (C=O) groups is 1. The molecule has 3 aromatic rings. The molecule has 5 nitrogen and oxygen atoms in total. The molecule has 1 amide bonds. The minimum atomic E-state index is -4.50. The van der Waals surface area contributed by atoms with E-state index in [2.05, 4.69) is 10.5 Å². The summed E-state index contributed by atoms with van der Waals surface area (Å²) in [6, 6.07) is 11.7. The van der Waals surface area contributed by atoms with E-state index in [1.807, 2.05) is 25.1 Å². The molecule has 0 bridgehead atoms. The molecule has 8 heteroatoms. The van der Waals surface area contributed by atoms with Gasteiger partial charge in [-0.15, -0.1) is 0 Å². The van der Waals surface area contributed by atoms with Crippen molar-refractivity contribution in [2.45, 2.75) is 26.6 Å². The van der Waals surface area contributed by atoms with E-state index in [0.29, 0.717) is 17.1 Å². The molecule has 0 fully saturated rings.